The van der Waals surface area contributed by atoms with Gasteiger partial charge < -0.3 is 15.2 Å². The zero-order chi connectivity index (χ0) is 10.7. The predicted octanol–water partition coefficient (Wildman–Crippen LogP) is 0.000700. The molecule has 0 saturated heterocycles. The van der Waals surface area contributed by atoms with Gasteiger partial charge in [-0.3, -0.25) is 9.59 Å². The number of nitrogens with one attached hydrogen (secondary N) is 1. The molecule has 80 valence electrons. The highest BCUT2D eigenvalue weighted by molar-refractivity contribution is 5.96. The summed E-state index contributed by atoms with van der Waals surface area (Å²) in [6.07, 6.45) is 1.75. The summed E-state index contributed by atoms with van der Waals surface area (Å²) in [5.41, 5.74) is 0. The fraction of sp³-hybridized carbons (Fsp3) is 0.778. The molecule has 0 heterocycles. The van der Waals surface area contributed by atoms with E-state index in [0.717, 1.165) is 12.8 Å². The van der Waals surface area contributed by atoms with Gasteiger partial charge in [0.25, 0.3) is 0 Å². The molecule has 0 aromatic carbocycles. The topological polar surface area (TPSA) is 75.6 Å². The summed E-state index contributed by atoms with van der Waals surface area (Å²) in [5.74, 6) is -2.49. The fourth-order valence-corrected chi connectivity index (χ4v) is 1.31. The predicted molar refractivity (Wildman–Crippen MR) is 48.8 cm³/mol. The van der Waals surface area contributed by atoms with Gasteiger partial charge in [0.15, 0.2) is 0 Å². The highest BCUT2D eigenvalue weighted by Crippen LogP contribution is 2.22. The van der Waals surface area contributed by atoms with Crippen molar-refractivity contribution in [3.8, 4) is 0 Å². The van der Waals surface area contributed by atoms with Crippen molar-refractivity contribution in [2.75, 3.05) is 7.11 Å². The smallest absolute Gasteiger partial charge is 0.315 e. The Bertz CT molecular complexity index is 235. The van der Waals surface area contributed by atoms with Crippen LogP contribution in [0.15, 0.2) is 0 Å². The number of carbonyl (C=O) groups excluding carboxylic acids is 1. The molecule has 0 spiro atoms. The van der Waals surface area contributed by atoms with E-state index in [2.05, 4.69) is 5.32 Å². The number of hydrogen-bond acceptors (Lipinski definition) is 3. The average Bonchev–Trinajstić information content (AvgIpc) is 2.08. The average molecular weight is 201 g/mol. The third-order valence-corrected chi connectivity index (χ3v) is 2.54. The zero-order valence-electron chi connectivity index (χ0n) is 8.32. The van der Waals surface area contributed by atoms with Crippen LogP contribution in [0.25, 0.3) is 0 Å². The highest BCUT2D eigenvalue weighted by Gasteiger charge is 2.32. The minimum Gasteiger partial charge on any atom is -0.481 e. The van der Waals surface area contributed by atoms with Gasteiger partial charge in [0.1, 0.15) is 5.92 Å². The van der Waals surface area contributed by atoms with E-state index in [0.29, 0.717) is 0 Å². The Labute approximate surface area is 82.4 Å². The second-order valence-electron chi connectivity index (χ2n) is 3.59. The molecule has 2 N–H and O–H groups in total. The van der Waals surface area contributed by atoms with E-state index >= 15 is 0 Å². The van der Waals surface area contributed by atoms with E-state index in [4.69, 9.17) is 9.84 Å². The molecule has 1 fully saturated rings. The molecular formula is C9H15NO4. The van der Waals surface area contributed by atoms with Crippen LogP contribution in [0.4, 0.5) is 0 Å². The van der Waals surface area contributed by atoms with Crippen LogP contribution in [0.1, 0.15) is 19.8 Å². The molecule has 14 heavy (non-hydrogen) atoms. The molecule has 1 rings (SSSR count). The van der Waals surface area contributed by atoms with E-state index < -0.39 is 17.8 Å². The summed E-state index contributed by atoms with van der Waals surface area (Å²) >= 11 is 0. The fourth-order valence-electron chi connectivity index (χ4n) is 1.31. The lowest BCUT2D eigenvalue weighted by Crippen LogP contribution is -2.49. The van der Waals surface area contributed by atoms with E-state index in [1.165, 1.54) is 6.92 Å². The van der Waals surface area contributed by atoms with Gasteiger partial charge in [-0.15, -0.1) is 0 Å². The van der Waals surface area contributed by atoms with Gasteiger partial charge in [-0.05, 0) is 19.8 Å². The van der Waals surface area contributed by atoms with Crippen LogP contribution >= 0.6 is 0 Å². The first kappa shape index (κ1) is 11.0. The molecule has 5 heteroatoms. The normalized spacial score (nSPS) is 27.6. The van der Waals surface area contributed by atoms with Crippen molar-refractivity contribution in [1.82, 2.24) is 5.32 Å². The number of ether oxygens (including phenoxy) is 1. The van der Waals surface area contributed by atoms with E-state index in [1.807, 2.05) is 0 Å². The molecule has 1 aliphatic rings. The number of amides is 1. The Hall–Kier alpha value is -1.10. The van der Waals surface area contributed by atoms with Gasteiger partial charge >= 0.3 is 5.97 Å². The van der Waals surface area contributed by atoms with Crippen molar-refractivity contribution < 1.29 is 19.4 Å². The summed E-state index contributed by atoms with van der Waals surface area (Å²) in [4.78, 5) is 21.7. The SMILES string of the molecule is COC1CC(NC(=O)C(C)C(=O)O)C1. The molecule has 1 saturated carbocycles. The summed E-state index contributed by atoms with van der Waals surface area (Å²) in [7, 11) is 1.63. The molecule has 1 amide bonds. The van der Waals surface area contributed by atoms with Gasteiger partial charge in [-0.25, -0.2) is 0 Å². The van der Waals surface area contributed by atoms with Crippen molar-refractivity contribution in [1.29, 1.82) is 0 Å². The minimum absolute atomic E-state index is 0.0780. The van der Waals surface area contributed by atoms with Crippen molar-refractivity contribution in [3.05, 3.63) is 0 Å². The first-order chi connectivity index (χ1) is 6.54. The maximum Gasteiger partial charge on any atom is 0.315 e. The molecule has 1 atom stereocenters. The lowest BCUT2D eigenvalue weighted by Gasteiger charge is -2.34. The van der Waals surface area contributed by atoms with Crippen LogP contribution in [-0.4, -0.2) is 36.2 Å². The second-order valence-corrected chi connectivity index (χ2v) is 3.59. The third kappa shape index (κ3) is 2.45. The van der Waals surface area contributed by atoms with Crippen molar-refractivity contribution >= 4 is 11.9 Å². The van der Waals surface area contributed by atoms with Gasteiger partial charge in [-0.1, -0.05) is 0 Å². The number of methoxy groups -OCH3 is 1. The van der Waals surface area contributed by atoms with E-state index in [-0.39, 0.29) is 12.1 Å². The molecule has 1 aliphatic carbocycles. The number of rotatable bonds is 4. The molecule has 0 aromatic heterocycles. The van der Waals surface area contributed by atoms with E-state index in [1.54, 1.807) is 7.11 Å². The van der Waals surface area contributed by atoms with Gasteiger partial charge in [0, 0.05) is 13.2 Å². The maximum atomic E-state index is 11.2. The molecular weight excluding hydrogens is 186 g/mol. The lowest BCUT2D eigenvalue weighted by atomic mass is 9.89. The van der Waals surface area contributed by atoms with Crippen LogP contribution in [0, 0.1) is 5.92 Å². The Balaban J connectivity index is 2.26. The number of carboxylic acids is 1. The second kappa shape index (κ2) is 4.41. The molecule has 5 nitrogen and oxygen atoms in total. The summed E-state index contributed by atoms with van der Waals surface area (Å²) < 4.78 is 5.04. The summed E-state index contributed by atoms with van der Waals surface area (Å²) in [6.45, 7) is 1.38. The first-order valence-corrected chi connectivity index (χ1v) is 4.60. The highest BCUT2D eigenvalue weighted by atomic mass is 16.5. The van der Waals surface area contributed by atoms with Crippen LogP contribution < -0.4 is 5.32 Å². The molecule has 0 aromatic rings. The summed E-state index contributed by atoms with van der Waals surface area (Å²) in [5, 5.41) is 11.2. The number of hydrogen-bond donors (Lipinski definition) is 2. The lowest BCUT2D eigenvalue weighted by molar-refractivity contribution is -0.146. The zero-order valence-corrected chi connectivity index (χ0v) is 8.32. The largest absolute Gasteiger partial charge is 0.481 e. The molecule has 1 unspecified atom stereocenters. The Morgan fingerprint density at radius 2 is 2.07 bits per heavy atom. The number of carboxylic acid groups (broad SMARTS) is 1. The Morgan fingerprint density at radius 1 is 1.50 bits per heavy atom. The standard InChI is InChI=1S/C9H15NO4/c1-5(9(12)13)8(11)10-6-3-7(4-6)14-2/h5-7H,3-4H2,1-2H3,(H,10,11)(H,12,13). The molecule has 0 radical (unpaired) electrons. The van der Waals surface area contributed by atoms with Gasteiger partial charge in [0.05, 0.1) is 6.10 Å². The number of aliphatic carboxylic acids is 1. The van der Waals surface area contributed by atoms with Crippen molar-refractivity contribution in [2.24, 2.45) is 5.92 Å². The molecule has 0 aliphatic heterocycles. The van der Waals surface area contributed by atoms with Crippen LogP contribution in [0.2, 0.25) is 0 Å². The van der Waals surface area contributed by atoms with Crippen LogP contribution in [0.3, 0.4) is 0 Å². The maximum absolute atomic E-state index is 11.2. The van der Waals surface area contributed by atoms with Gasteiger partial charge in [-0.2, -0.15) is 0 Å². The summed E-state index contributed by atoms with van der Waals surface area (Å²) in [6, 6.07) is 0.0780. The first-order valence-electron chi connectivity index (χ1n) is 4.60. The van der Waals surface area contributed by atoms with Crippen LogP contribution in [-0.2, 0) is 14.3 Å². The van der Waals surface area contributed by atoms with Crippen LogP contribution in [0.5, 0.6) is 0 Å². The Morgan fingerprint density at radius 3 is 2.50 bits per heavy atom. The monoisotopic (exact) mass is 201 g/mol. The minimum atomic E-state index is -1.09. The van der Waals surface area contributed by atoms with Gasteiger partial charge in [0.2, 0.25) is 5.91 Å². The van der Waals surface area contributed by atoms with Crippen molar-refractivity contribution in [3.63, 3.8) is 0 Å². The quantitative estimate of drug-likeness (QED) is 0.628. The Kier molecular flexibility index (Phi) is 3.46. The third-order valence-electron chi connectivity index (χ3n) is 2.54. The molecule has 0 bridgehead atoms. The van der Waals surface area contributed by atoms with Crippen molar-refractivity contribution in [2.45, 2.75) is 31.9 Å². The number of carbonyl (C=O) groups is 2. The van der Waals surface area contributed by atoms with E-state index in [9.17, 15) is 9.59 Å².